The predicted octanol–water partition coefficient (Wildman–Crippen LogP) is 0.543. The van der Waals surface area contributed by atoms with Crippen LogP contribution in [0, 0.1) is 6.92 Å². The van der Waals surface area contributed by atoms with E-state index >= 15 is 0 Å². The molecular formula is C13H12N4O5S. The van der Waals surface area contributed by atoms with Crippen LogP contribution >= 0.6 is 0 Å². The van der Waals surface area contributed by atoms with Gasteiger partial charge in [-0.1, -0.05) is 40.6 Å². The zero-order chi connectivity index (χ0) is 16.6. The number of nitrogens with two attached hydrogens (primary N) is 1. The molecule has 0 amide bonds. The van der Waals surface area contributed by atoms with Crippen molar-refractivity contribution in [1.82, 2.24) is 14.3 Å². The molecule has 23 heavy (non-hydrogen) atoms. The number of benzene rings is 1. The lowest BCUT2D eigenvalue weighted by molar-refractivity contribution is 0.380. The average molecular weight is 336 g/mol. The number of hydrogen-bond donors (Lipinski definition) is 1. The SMILES string of the molecule is Cc1onc(N)c1S(=O)(=O)n1c(Cc2ccccc2)noc1=O. The quantitative estimate of drug-likeness (QED) is 0.729. The minimum atomic E-state index is -4.33. The number of aromatic nitrogens is 3. The molecule has 0 spiro atoms. The molecular weight excluding hydrogens is 324 g/mol. The summed E-state index contributed by atoms with van der Waals surface area (Å²) in [6, 6.07) is 8.94. The molecule has 0 radical (unpaired) electrons. The Hall–Kier alpha value is -2.88. The molecule has 2 heterocycles. The van der Waals surface area contributed by atoms with Crippen molar-refractivity contribution in [2.45, 2.75) is 18.2 Å². The summed E-state index contributed by atoms with van der Waals surface area (Å²) in [7, 11) is -4.33. The highest BCUT2D eigenvalue weighted by Crippen LogP contribution is 2.24. The maximum absolute atomic E-state index is 12.7. The summed E-state index contributed by atoms with van der Waals surface area (Å²) in [6.45, 7) is 1.38. The Bertz CT molecular complexity index is 981. The minimum Gasteiger partial charge on any atom is -0.380 e. The number of anilines is 1. The summed E-state index contributed by atoms with van der Waals surface area (Å²) in [5, 5.41) is 6.94. The molecule has 0 unspecified atom stereocenters. The Morgan fingerprint density at radius 2 is 1.87 bits per heavy atom. The normalized spacial score (nSPS) is 11.7. The van der Waals surface area contributed by atoms with Crippen molar-refractivity contribution in [3.8, 4) is 0 Å². The summed E-state index contributed by atoms with van der Waals surface area (Å²) < 4.78 is 35.2. The molecule has 0 aliphatic heterocycles. The van der Waals surface area contributed by atoms with Crippen LogP contribution in [-0.2, 0) is 16.4 Å². The topological polar surface area (TPSA) is 134 Å². The summed E-state index contributed by atoms with van der Waals surface area (Å²) in [4.78, 5) is 11.5. The molecule has 0 aliphatic carbocycles. The van der Waals surface area contributed by atoms with Crippen molar-refractivity contribution < 1.29 is 17.5 Å². The first-order chi connectivity index (χ1) is 10.9. The molecule has 0 atom stereocenters. The van der Waals surface area contributed by atoms with Gasteiger partial charge in [0.15, 0.2) is 22.3 Å². The molecule has 2 aromatic heterocycles. The first-order valence-corrected chi connectivity index (χ1v) is 7.94. The maximum atomic E-state index is 12.7. The van der Waals surface area contributed by atoms with E-state index in [9.17, 15) is 13.2 Å². The van der Waals surface area contributed by atoms with E-state index in [1.807, 2.05) is 6.07 Å². The lowest BCUT2D eigenvalue weighted by Crippen LogP contribution is -2.27. The van der Waals surface area contributed by atoms with E-state index in [0.717, 1.165) is 5.56 Å². The summed E-state index contributed by atoms with van der Waals surface area (Å²) in [5.74, 6) is -1.56. The van der Waals surface area contributed by atoms with Crippen LogP contribution < -0.4 is 11.5 Å². The second kappa shape index (κ2) is 5.39. The highest BCUT2D eigenvalue weighted by molar-refractivity contribution is 7.90. The molecule has 1 aromatic carbocycles. The van der Waals surface area contributed by atoms with E-state index in [1.54, 1.807) is 24.3 Å². The average Bonchev–Trinajstić information content (AvgIpc) is 3.03. The molecule has 0 bridgehead atoms. The second-order valence-corrected chi connectivity index (χ2v) is 6.47. The zero-order valence-electron chi connectivity index (χ0n) is 12.0. The van der Waals surface area contributed by atoms with Gasteiger partial charge in [0.05, 0.1) is 0 Å². The summed E-state index contributed by atoms with van der Waals surface area (Å²) in [5.41, 5.74) is 6.30. The van der Waals surface area contributed by atoms with Gasteiger partial charge < -0.3 is 10.3 Å². The molecule has 0 fully saturated rings. The molecule has 120 valence electrons. The zero-order valence-corrected chi connectivity index (χ0v) is 12.8. The smallest absolute Gasteiger partial charge is 0.380 e. The summed E-state index contributed by atoms with van der Waals surface area (Å²) in [6.07, 6.45) is 0.0933. The van der Waals surface area contributed by atoms with Crippen LogP contribution in [-0.4, -0.2) is 22.7 Å². The predicted molar refractivity (Wildman–Crippen MR) is 78.2 cm³/mol. The van der Waals surface area contributed by atoms with Gasteiger partial charge in [0.1, 0.15) is 0 Å². The summed E-state index contributed by atoms with van der Waals surface area (Å²) >= 11 is 0. The van der Waals surface area contributed by atoms with Crippen molar-refractivity contribution in [2.75, 3.05) is 5.73 Å². The molecule has 3 aromatic rings. The van der Waals surface area contributed by atoms with Crippen LogP contribution in [0.25, 0.3) is 0 Å². The van der Waals surface area contributed by atoms with E-state index in [1.165, 1.54) is 6.92 Å². The standard InChI is InChI=1S/C13H12N4O5S/c1-8-11(12(14)16-21-8)23(19,20)17-10(15-22-13(17)18)7-9-5-3-2-4-6-9/h2-6H,7H2,1H3,(H2,14,16). The number of nitrogen functional groups attached to an aromatic ring is 1. The van der Waals surface area contributed by atoms with E-state index in [0.29, 0.717) is 3.97 Å². The van der Waals surface area contributed by atoms with E-state index < -0.39 is 15.8 Å². The van der Waals surface area contributed by atoms with Crippen molar-refractivity contribution in [1.29, 1.82) is 0 Å². The molecule has 10 heteroatoms. The van der Waals surface area contributed by atoms with Crippen molar-refractivity contribution in [3.05, 3.63) is 58.0 Å². The van der Waals surface area contributed by atoms with Crippen LogP contribution in [0.5, 0.6) is 0 Å². The monoisotopic (exact) mass is 336 g/mol. The van der Waals surface area contributed by atoms with Gasteiger partial charge in [0.2, 0.25) is 0 Å². The second-order valence-electron chi connectivity index (χ2n) is 4.75. The van der Waals surface area contributed by atoms with Gasteiger partial charge in [-0.3, -0.25) is 4.52 Å². The van der Waals surface area contributed by atoms with Gasteiger partial charge >= 0.3 is 5.76 Å². The number of aryl methyl sites for hydroxylation is 1. The van der Waals surface area contributed by atoms with E-state index in [2.05, 4.69) is 14.8 Å². The van der Waals surface area contributed by atoms with Gasteiger partial charge in [0.25, 0.3) is 10.0 Å². The number of nitrogens with zero attached hydrogens (tertiary/aromatic N) is 3. The third kappa shape index (κ3) is 2.52. The minimum absolute atomic E-state index is 0.0266. The fraction of sp³-hybridized carbons (Fsp3) is 0.154. The molecule has 3 rings (SSSR count). The van der Waals surface area contributed by atoms with E-state index in [4.69, 9.17) is 10.3 Å². The van der Waals surface area contributed by atoms with Crippen LogP contribution in [0.15, 0.2) is 49.1 Å². The number of rotatable bonds is 4. The van der Waals surface area contributed by atoms with Gasteiger partial charge in [0, 0.05) is 6.42 Å². The first-order valence-electron chi connectivity index (χ1n) is 6.50. The Balaban J connectivity index is 2.14. The molecule has 0 saturated carbocycles. The fourth-order valence-electron chi connectivity index (χ4n) is 2.18. The first kappa shape index (κ1) is 15.0. The Morgan fingerprint density at radius 1 is 1.17 bits per heavy atom. The Morgan fingerprint density at radius 3 is 2.48 bits per heavy atom. The molecule has 0 saturated heterocycles. The van der Waals surface area contributed by atoms with Gasteiger partial charge in [-0.25, -0.2) is 13.2 Å². The Kier molecular flexibility index (Phi) is 3.52. The third-order valence-electron chi connectivity index (χ3n) is 3.17. The highest BCUT2D eigenvalue weighted by atomic mass is 32.2. The van der Waals surface area contributed by atoms with Gasteiger partial charge in [-0.2, -0.15) is 0 Å². The lowest BCUT2D eigenvalue weighted by Gasteiger charge is -2.05. The lowest BCUT2D eigenvalue weighted by atomic mass is 10.1. The van der Waals surface area contributed by atoms with Crippen molar-refractivity contribution in [3.63, 3.8) is 0 Å². The largest absolute Gasteiger partial charge is 0.456 e. The fourth-order valence-corrected chi connectivity index (χ4v) is 3.67. The number of hydrogen-bond acceptors (Lipinski definition) is 8. The van der Waals surface area contributed by atoms with Crippen LogP contribution in [0.4, 0.5) is 5.82 Å². The van der Waals surface area contributed by atoms with Gasteiger partial charge in [-0.15, -0.1) is 3.97 Å². The molecule has 2 N–H and O–H groups in total. The van der Waals surface area contributed by atoms with Crippen LogP contribution in [0.1, 0.15) is 17.1 Å². The van der Waals surface area contributed by atoms with Crippen molar-refractivity contribution in [2.24, 2.45) is 0 Å². The maximum Gasteiger partial charge on any atom is 0.456 e. The van der Waals surface area contributed by atoms with Crippen LogP contribution in [0.2, 0.25) is 0 Å². The van der Waals surface area contributed by atoms with E-state index in [-0.39, 0.29) is 28.7 Å². The molecule has 0 aliphatic rings. The molecule has 9 nitrogen and oxygen atoms in total. The van der Waals surface area contributed by atoms with Crippen LogP contribution in [0.3, 0.4) is 0 Å². The van der Waals surface area contributed by atoms with Gasteiger partial charge in [-0.05, 0) is 12.5 Å². The van der Waals surface area contributed by atoms with Crippen molar-refractivity contribution >= 4 is 15.8 Å². The Labute approximate surface area is 130 Å². The highest BCUT2D eigenvalue weighted by Gasteiger charge is 2.32. The third-order valence-corrected chi connectivity index (χ3v) is 5.02.